The van der Waals surface area contributed by atoms with Crippen LogP contribution in [0.4, 0.5) is 10.6 Å². The molecule has 36 heavy (non-hydrogen) atoms. The third-order valence-electron chi connectivity index (χ3n) is 7.16. The molecule has 1 saturated heterocycles. The second-order valence-electron chi connectivity index (χ2n) is 10.8. The molecular formula is C28H41ClN4O3. The zero-order valence-electron chi connectivity index (χ0n) is 22.0. The minimum Gasteiger partial charge on any atom is -0.493 e. The summed E-state index contributed by atoms with van der Waals surface area (Å²) in [5.74, 6) is 2.44. The zero-order valence-corrected chi connectivity index (χ0v) is 22.7. The number of carbonyl (C=O) groups is 1. The Morgan fingerprint density at radius 3 is 2.61 bits per heavy atom. The Kier molecular flexibility index (Phi) is 9.54. The molecule has 1 aromatic carbocycles. The number of anilines is 1. The third-order valence-corrected chi connectivity index (χ3v) is 7.39. The van der Waals surface area contributed by atoms with Crippen LogP contribution in [-0.2, 0) is 11.3 Å². The first kappa shape index (κ1) is 26.8. The molecule has 1 aliphatic carbocycles. The number of halogens is 1. The molecular weight excluding hydrogens is 476 g/mol. The number of aryl methyl sites for hydroxylation is 1. The van der Waals surface area contributed by atoms with Crippen LogP contribution in [0.2, 0.25) is 5.02 Å². The predicted octanol–water partition coefficient (Wildman–Crippen LogP) is 6.52. The fourth-order valence-electron chi connectivity index (χ4n) is 5.19. The minimum absolute atomic E-state index is 0.0158. The fraction of sp³-hybridized carbons (Fsp3) is 0.643. The van der Waals surface area contributed by atoms with Crippen LogP contribution < -0.4 is 10.1 Å². The molecule has 198 valence electrons. The van der Waals surface area contributed by atoms with E-state index in [0.717, 1.165) is 48.6 Å². The second kappa shape index (κ2) is 12.8. The molecule has 2 aromatic rings. The van der Waals surface area contributed by atoms with E-state index in [1.807, 2.05) is 35.9 Å². The second-order valence-corrected chi connectivity index (χ2v) is 11.3. The maximum absolute atomic E-state index is 12.6. The van der Waals surface area contributed by atoms with Gasteiger partial charge in [0.15, 0.2) is 5.82 Å². The first-order valence-electron chi connectivity index (χ1n) is 13.5. The molecule has 0 radical (unpaired) electrons. The first-order valence-corrected chi connectivity index (χ1v) is 13.9. The number of hydrogen-bond acceptors (Lipinski definition) is 5. The summed E-state index contributed by atoms with van der Waals surface area (Å²) in [4.78, 5) is 15.2. The molecule has 2 aliphatic rings. The lowest BCUT2D eigenvalue weighted by atomic mass is 9.86. The average Bonchev–Trinajstić information content (AvgIpc) is 3.18. The Bertz CT molecular complexity index is 995. The number of rotatable bonds is 9. The van der Waals surface area contributed by atoms with Crippen LogP contribution in [0.15, 0.2) is 24.3 Å². The van der Waals surface area contributed by atoms with Gasteiger partial charge in [-0.15, -0.1) is 0 Å². The third kappa shape index (κ3) is 7.87. The summed E-state index contributed by atoms with van der Waals surface area (Å²) in [6, 6.07) is 7.49. The van der Waals surface area contributed by atoms with Gasteiger partial charge in [0.25, 0.3) is 0 Å². The van der Waals surface area contributed by atoms with Crippen molar-refractivity contribution in [2.45, 2.75) is 78.4 Å². The Morgan fingerprint density at radius 2 is 1.89 bits per heavy atom. The van der Waals surface area contributed by atoms with E-state index in [-0.39, 0.29) is 6.10 Å². The number of piperidine rings is 1. The number of aromatic nitrogens is 2. The fourth-order valence-corrected chi connectivity index (χ4v) is 5.38. The molecule has 2 fully saturated rings. The molecule has 1 aliphatic heterocycles. The van der Waals surface area contributed by atoms with Crippen molar-refractivity contribution in [1.29, 1.82) is 0 Å². The summed E-state index contributed by atoms with van der Waals surface area (Å²) < 4.78 is 13.6. The number of benzene rings is 1. The molecule has 7 nitrogen and oxygen atoms in total. The van der Waals surface area contributed by atoms with Gasteiger partial charge in [0.05, 0.1) is 13.2 Å². The highest BCUT2D eigenvalue weighted by Gasteiger charge is 2.26. The highest BCUT2D eigenvalue weighted by atomic mass is 35.5. The van der Waals surface area contributed by atoms with Gasteiger partial charge in [-0.3, -0.25) is 10.00 Å². The van der Waals surface area contributed by atoms with E-state index in [1.165, 1.54) is 38.9 Å². The van der Waals surface area contributed by atoms with Crippen molar-refractivity contribution in [2.75, 3.05) is 31.6 Å². The molecule has 0 unspecified atom stereocenters. The first-order chi connectivity index (χ1) is 17.4. The van der Waals surface area contributed by atoms with Crippen molar-refractivity contribution >= 4 is 23.5 Å². The number of nitrogens with one attached hydrogen (secondary N) is 1. The number of ether oxygens (including phenoxy) is 2. The van der Waals surface area contributed by atoms with Gasteiger partial charge in [-0.25, -0.2) is 4.79 Å². The van der Waals surface area contributed by atoms with E-state index < -0.39 is 6.09 Å². The van der Waals surface area contributed by atoms with Crippen molar-refractivity contribution in [3.8, 4) is 5.75 Å². The van der Waals surface area contributed by atoms with Crippen LogP contribution >= 0.6 is 11.6 Å². The van der Waals surface area contributed by atoms with Crippen LogP contribution in [0.5, 0.6) is 5.75 Å². The van der Waals surface area contributed by atoms with Crippen molar-refractivity contribution in [3.63, 3.8) is 0 Å². The van der Waals surface area contributed by atoms with Crippen LogP contribution in [0, 0.1) is 18.8 Å². The van der Waals surface area contributed by atoms with E-state index in [9.17, 15) is 4.79 Å². The highest BCUT2D eigenvalue weighted by molar-refractivity contribution is 6.30. The van der Waals surface area contributed by atoms with Gasteiger partial charge in [-0.2, -0.15) is 5.10 Å². The van der Waals surface area contributed by atoms with Crippen LogP contribution in [0.3, 0.4) is 0 Å². The van der Waals surface area contributed by atoms with Gasteiger partial charge in [0.2, 0.25) is 0 Å². The number of amides is 1. The van der Waals surface area contributed by atoms with Crippen molar-refractivity contribution in [1.82, 2.24) is 14.7 Å². The summed E-state index contributed by atoms with van der Waals surface area (Å²) in [5.41, 5.74) is 1.88. The van der Waals surface area contributed by atoms with Gasteiger partial charge >= 0.3 is 6.09 Å². The van der Waals surface area contributed by atoms with Gasteiger partial charge in [0.1, 0.15) is 11.9 Å². The summed E-state index contributed by atoms with van der Waals surface area (Å²) in [6.45, 7) is 11.0. The average molecular weight is 517 g/mol. The normalized spacial score (nSPS) is 20.9. The largest absolute Gasteiger partial charge is 0.493 e. The van der Waals surface area contributed by atoms with Gasteiger partial charge in [-0.05, 0) is 88.6 Å². The van der Waals surface area contributed by atoms with Gasteiger partial charge < -0.3 is 14.4 Å². The molecule has 2 heterocycles. The number of hydrogen-bond donors (Lipinski definition) is 1. The summed E-state index contributed by atoms with van der Waals surface area (Å²) in [7, 11) is 0. The van der Waals surface area contributed by atoms with Crippen LogP contribution in [0.25, 0.3) is 0 Å². The van der Waals surface area contributed by atoms with Crippen molar-refractivity contribution in [2.24, 2.45) is 11.8 Å². The lowest BCUT2D eigenvalue weighted by molar-refractivity contribution is 0.0650. The topological polar surface area (TPSA) is 68.6 Å². The Morgan fingerprint density at radius 1 is 1.14 bits per heavy atom. The standard InChI is InChI=1S/C28H41ClN4O3/c1-20(2)19-35-26-12-9-24(29)16-23(26)18-33-21(3)15-27(31-33)30-28(34)36-25-10-7-22(8-11-25)17-32-13-5-4-6-14-32/h9,12,15-16,20,22,25H,4-8,10-11,13-14,17-19H2,1-3H3,(H,30,31,34). The molecule has 4 rings (SSSR count). The monoisotopic (exact) mass is 516 g/mol. The van der Waals surface area contributed by atoms with E-state index >= 15 is 0 Å². The summed E-state index contributed by atoms with van der Waals surface area (Å²) in [5, 5.41) is 8.05. The number of likely N-dealkylation sites (tertiary alicyclic amines) is 1. The lowest BCUT2D eigenvalue weighted by Gasteiger charge is -2.34. The predicted molar refractivity (Wildman–Crippen MR) is 144 cm³/mol. The molecule has 1 saturated carbocycles. The molecule has 0 atom stereocenters. The highest BCUT2D eigenvalue weighted by Crippen LogP contribution is 2.29. The van der Waals surface area contributed by atoms with E-state index in [1.54, 1.807) is 0 Å². The number of carbonyl (C=O) groups excluding carboxylic acids is 1. The summed E-state index contributed by atoms with van der Waals surface area (Å²) in [6.07, 6.45) is 7.73. The molecule has 1 N–H and O–H groups in total. The lowest BCUT2D eigenvalue weighted by Crippen LogP contribution is -2.36. The quantitative estimate of drug-likeness (QED) is 0.411. The van der Waals surface area contributed by atoms with Crippen LogP contribution in [0.1, 0.15) is 70.1 Å². The Labute approximate surface area is 220 Å². The molecule has 0 bridgehead atoms. The summed E-state index contributed by atoms with van der Waals surface area (Å²) >= 11 is 6.25. The zero-order chi connectivity index (χ0) is 25.5. The smallest absolute Gasteiger partial charge is 0.413 e. The van der Waals surface area contributed by atoms with Crippen LogP contribution in [-0.4, -0.2) is 53.1 Å². The maximum Gasteiger partial charge on any atom is 0.413 e. The minimum atomic E-state index is -0.428. The Balaban J connectivity index is 1.27. The Hall–Kier alpha value is -2.25. The van der Waals surface area contributed by atoms with Gasteiger partial charge in [-0.1, -0.05) is 31.9 Å². The van der Waals surface area contributed by atoms with E-state index in [0.29, 0.717) is 29.9 Å². The molecule has 1 amide bonds. The SMILES string of the molecule is Cc1cc(NC(=O)OC2CCC(CN3CCCCC3)CC2)nn1Cc1cc(Cl)ccc1OCC(C)C. The van der Waals surface area contributed by atoms with Crippen molar-refractivity contribution < 1.29 is 14.3 Å². The van der Waals surface area contributed by atoms with E-state index in [2.05, 4.69) is 29.2 Å². The van der Waals surface area contributed by atoms with E-state index in [4.69, 9.17) is 21.1 Å². The molecule has 1 aromatic heterocycles. The van der Waals surface area contributed by atoms with Crippen molar-refractivity contribution in [3.05, 3.63) is 40.5 Å². The molecule has 8 heteroatoms. The molecule has 0 spiro atoms. The van der Waals surface area contributed by atoms with Gasteiger partial charge in [0, 0.05) is 28.9 Å². The maximum atomic E-state index is 12.6. The number of nitrogens with zero attached hydrogens (tertiary/aromatic N) is 3.